The van der Waals surface area contributed by atoms with E-state index >= 15 is 0 Å². The fourth-order valence-electron chi connectivity index (χ4n) is 3.08. The predicted octanol–water partition coefficient (Wildman–Crippen LogP) is 3.97. The smallest absolute Gasteiger partial charge is 0.264 e. The number of aromatic amines is 1. The third-order valence-corrected chi connectivity index (χ3v) is 5.20. The minimum atomic E-state index is -0.00708. The van der Waals surface area contributed by atoms with Crippen LogP contribution in [0, 0.1) is 3.57 Å². The molecule has 3 rings (SSSR count). The second kappa shape index (κ2) is 5.91. The second-order valence-corrected chi connectivity index (χ2v) is 7.03. The van der Waals surface area contributed by atoms with E-state index in [-0.39, 0.29) is 17.4 Å². The van der Waals surface area contributed by atoms with E-state index in [4.69, 9.17) is 4.98 Å². The first-order valence-corrected chi connectivity index (χ1v) is 8.53. The van der Waals surface area contributed by atoms with Crippen LogP contribution >= 0.6 is 22.6 Å². The Kier molecular flexibility index (Phi) is 4.15. The third-order valence-electron chi connectivity index (χ3n) is 4.15. The topological polar surface area (TPSA) is 45.8 Å². The van der Waals surface area contributed by atoms with Crippen molar-refractivity contribution in [1.82, 2.24) is 9.97 Å². The highest BCUT2D eigenvalue weighted by Gasteiger charge is 2.25. The van der Waals surface area contributed by atoms with Crippen LogP contribution < -0.4 is 5.56 Å². The maximum absolute atomic E-state index is 12.2. The Labute approximate surface area is 138 Å². The van der Waals surface area contributed by atoms with Gasteiger partial charge in [-0.3, -0.25) is 4.79 Å². The Balaban J connectivity index is 2.12. The Morgan fingerprint density at radius 2 is 2.10 bits per heavy atom. The Hall–Kier alpha value is -1.17. The van der Waals surface area contributed by atoms with Gasteiger partial charge in [0.1, 0.15) is 5.82 Å². The van der Waals surface area contributed by atoms with Gasteiger partial charge in [0, 0.05) is 5.92 Å². The lowest BCUT2D eigenvalue weighted by atomic mass is 9.82. The summed E-state index contributed by atoms with van der Waals surface area (Å²) in [4.78, 5) is 20.0. The fraction of sp³-hybridized carbons (Fsp3) is 0.412. The Morgan fingerprint density at radius 3 is 2.86 bits per heavy atom. The summed E-state index contributed by atoms with van der Waals surface area (Å²) in [5, 5.41) is 0. The highest BCUT2D eigenvalue weighted by Crippen LogP contribution is 2.35. The van der Waals surface area contributed by atoms with Crippen molar-refractivity contribution >= 4 is 22.6 Å². The fourth-order valence-corrected chi connectivity index (χ4v) is 3.96. The molecule has 1 unspecified atom stereocenters. The number of aromatic nitrogens is 2. The van der Waals surface area contributed by atoms with Gasteiger partial charge in [-0.1, -0.05) is 38.1 Å². The van der Waals surface area contributed by atoms with Gasteiger partial charge in [0.25, 0.3) is 5.56 Å². The average molecular weight is 394 g/mol. The molecule has 4 heteroatoms. The van der Waals surface area contributed by atoms with Crippen LogP contribution in [-0.4, -0.2) is 9.97 Å². The van der Waals surface area contributed by atoms with Gasteiger partial charge in [-0.2, -0.15) is 0 Å². The van der Waals surface area contributed by atoms with Crippen molar-refractivity contribution in [3.05, 3.63) is 60.8 Å². The van der Waals surface area contributed by atoms with Crippen molar-refractivity contribution in [2.75, 3.05) is 0 Å². The van der Waals surface area contributed by atoms with Crippen LogP contribution in [0.3, 0.4) is 0 Å². The zero-order chi connectivity index (χ0) is 15.0. The molecule has 0 spiro atoms. The van der Waals surface area contributed by atoms with Gasteiger partial charge < -0.3 is 4.98 Å². The molecule has 0 bridgehead atoms. The molecule has 1 aliphatic carbocycles. The van der Waals surface area contributed by atoms with E-state index < -0.39 is 0 Å². The van der Waals surface area contributed by atoms with Crippen LogP contribution in [0.5, 0.6) is 0 Å². The summed E-state index contributed by atoms with van der Waals surface area (Å²) in [5.41, 5.74) is 3.62. The summed E-state index contributed by atoms with van der Waals surface area (Å²) >= 11 is 2.10. The van der Waals surface area contributed by atoms with Gasteiger partial charge >= 0.3 is 0 Å². The van der Waals surface area contributed by atoms with Gasteiger partial charge in [-0.05, 0) is 58.9 Å². The van der Waals surface area contributed by atoms with Gasteiger partial charge in [-0.15, -0.1) is 0 Å². The molecule has 0 saturated heterocycles. The lowest BCUT2D eigenvalue weighted by Crippen LogP contribution is -2.23. The number of halogens is 1. The van der Waals surface area contributed by atoms with Crippen molar-refractivity contribution in [2.24, 2.45) is 0 Å². The summed E-state index contributed by atoms with van der Waals surface area (Å²) in [5.74, 6) is 1.31. The summed E-state index contributed by atoms with van der Waals surface area (Å²) < 4.78 is 0.718. The number of rotatable bonds is 2. The number of hydrogen-bond donors (Lipinski definition) is 1. The monoisotopic (exact) mass is 394 g/mol. The molecule has 1 aromatic heterocycles. The van der Waals surface area contributed by atoms with Crippen LogP contribution in [0.4, 0.5) is 0 Å². The van der Waals surface area contributed by atoms with E-state index in [0.29, 0.717) is 0 Å². The predicted molar refractivity (Wildman–Crippen MR) is 92.9 cm³/mol. The summed E-state index contributed by atoms with van der Waals surface area (Å²) in [7, 11) is 0. The normalized spacial score (nSPS) is 17.8. The SMILES string of the molecule is CC(C)c1nc(C2CCCc3ccccc32)[nH]c(=O)c1I. The number of nitrogens with one attached hydrogen (secondary N) is 1. The van der Waals surface area contributed by atoms with Gasteiger partial charge in [0.05, 0.1) is 9.26 Å². The molecule has 1 atom stereocenters. The first-order chi connectivity index (χ1) is 10.1. The van der Waals surface area contributed by atoms with Crippen molar-refractivity contribution in [3.63, 3.8) is 0 Å². The minimum Gasteiger partial charge on any atom is -0.309 e. The first-order valence-electron chi connectivity index (χ1n) is 7.45. The van der Waals surface area contributed by atoms with Crippen LogP contribution in [-0.2, 0) is 6.42 Å². The van der Waals surface area contributed by atoms with E-state index in [1.165, 1.54) is 11.1 Å². The number of fused-ring (bicyclic) bond motifs is 1. The van der Waals surface area contributed by atoms with Crippen LogP contribution in [0.25, 0.3) is 0 Å². The quantitative estimate of drug-likeness (QED) is 0.784. The molecular formula is C17H19IN2O. The van der Waals surface area contributed by atoms with Crippen LogP contribution in [0.15, 0.2) is 29.1 Å². The molecular weight excluding hydrogens is 375 g/mol. The molecule has 1 heterocycles. The molecule has 0 saturated carbocycles. The molecule has 110 valence electrons. The second-order valence-electron chi connectivity index (χ2n) is 5.95. The number of H-pyrrole nitrogens is 1. The number of aryl methyl sites for hydroxylation is 1. The number of benzene rings is 1. The largest absolute Gasteiger partial charge is 0.309 e. The lowest BCUT2D eigenvalue weighted by molar-refractivity contribution is 0.582. The number of nitrogens with zero attached hydrogens (tertiary/aromatic N) is 1. The standard InChI is InChI=1S/C17H19IN2O/c1-10(2)15-14(18)17(21)20-16(19-15)13-9-5-7-11-6-3-4-8-12(11)13/h3-4,6,8,10,13H,5,7,9H2,1-2H3,(H,19,20,21). The van der Waals surface area contributed by atoms with Gasteiger partial charge in [-0.25, -0.2) is 4.98 Å². The first kappa shape index (κ1) is 14.8. The highest BCUT2D eigenvalue weighted by molar-refractivity contribution is 14.1. The molecule has 0 amide bonds. The van der Waals surface area contributed by atoms with Crippen molar-refractivity contribution in [1.29, 1.82) is 0 Å². The van der Waals surface area contributed by atoms with Crippen molar-refractivity contribution < 1.29 is 0 Å². The molecule has 3 nitrogen and oxygen atoms in total. The molecule has 1 aliphatic rings. The molecule has 1 aromatic carbocycles. The van der Waals surface area contributed by atoms with Crippen molar-refractivity contribution in [2.45, 2.75) is 44.9 Å². The maximum Gasteiger partial charge on any atom is 0.264 e. The zero-order valence-electron chi connectivity index (χ0n) is 12.3. The molecule has 0 radical (unpaired) electrons. The van der Waals surface area contributed by atoms with E-state index in [9.17, 15) is 4.79 Å². The van der Waals surface area contributed by atoms with E-state index in [1.54, 1.807) is 0 Å². The number of hydrogen-bond acceptors (Lipinski definition) is 2. The molecule has 21 heavy (non-hydrogen) atoms. The minimum absolute atomic E-state index is 0.00708. The zero-order valence-corrected chi connectivity index (χ0v) is 14.5. The Morgan fingerprint density at radius 1 is 1.33 bits per heavy atom. The average Bonchev–Trinajstić information content (AvgIpc) is 2.49. The molecule has 2 aromatic rings. The molecule has 0 fully saturated rings. The molecule has 0 aliphatic heterocycles. The van der Waals surface area contributed by atoms with Gasteiger partial charge in [0.2, 0.25) is 0 Å². The summed E-state index contributed by atoms with van der Waals surface area (Å²) in [6, 6.07) is 8.53. The van der Waals surface area contributed by atoms with Crippen LogP contribution in [0.1, 0.15) is 61.2 Å². The van der Waals surface area contributed by atoms with Crippen molar-refractivity contribution in [3.8, 4) is 0 Å². The Bertz CT molecular complexity index is 721. The highest BCUT2D eigenvalue weighted by atomic mass is 127. The summed E-state index contributed by atoms with van der Waals surface area (Å²) in [6.45, 7) is 4.17. The lowest BCUT2D eigenvalue weighted by Gasteiger charge is -2.25. The van der Waals surface area contributed by atoms with Gasteiger partial charge in [0.15, 0.2) is 0 Å². The summed E-state index contributed by atoms with van der Waals surface area (Å²) in [6.07, 6.45) is 3.32. The van der Waals surface area contributed by atoms with E-state index in [0.717, 1.165) is 34.4 Å². The van der Waals surface area contributed by atoms with E-state index in [1.807, 2.05) is 0 Å². The third kappa shape index (κ3) is 2.78. The molecule has 1 N–H and O–H groups in total. The van der Waals surface area contributed by atoms with Crippen LogP contribution in [0.2, 0.25) is 0 Å². The maximum atomic E-state index is 12.2. The van der Waals surface area contributed by atoms with E-state index in [2.05, 4.69) is 65.7 Å².